The van der Waals surface area contributed by atoms with Crippen molar-refractivity contribution in [3.63, 3.8) is 0 Å². The Labute approximate surface area is 136 Å². The van der Waals surface area contributed by atoms with Gasteiger partial charge in [0.15, 0.2) is 0 Å². The molecule has 0 aromatic rings. The fourth-order valence-electron chi connectivity index (χ4n) is 7.42. The van der Waals surface area contributed by atoms with Gasteiger partial charge < -0.3 is 5.11 Å². The minimum atomic E-state index is -0.0688. The van der Waals surface area contributed by atoms with Gasteiger partial charge in [-0.25, -0.2) is 0 Å². The number of hydrogen-bond donors (Lipinski definition) is 1. The summed E-state index contributed by atoms with van der Waals surface area (Å²) >= 11 is 0. The quantitative estimate of drug-likeness (QED) is 0.648. The Hall–Kier alpha value is -0.300. The van der Waals surface area contributed by atoms with Crippen molar-refractivity contribution in [2.45, 2.75) is 84.7 Å². The molecule has 0 spiro atoms. The van der Waals surface area contributed by atoms with Crippen molar-refractivity contribution in [2.75, 3.05) is 0 Å². The molecule has 1 nitrogen and oxygen atoms in total. The normalized spacial score (nSPS) is 54.2. The van der Waals surface area contributed by atoms with E-state index in [1.54, 1.807) is 5.57 Å². The molecule has 4 aliphatic rings. The van der Waals surface area contributed by atoms with Gasteiger partial charge >= 0.3 is 0 Å². The van der Waals surface area contributed by atoms with Crippen molar-refractivity contribution < 1.29 is 5.11 Å². The van der Waals surface area contributed by atoms with Gasteiger partial charge in [-0.15, -0.1) is 0 Å². The van der Waals surface area contributed by atoms with E-state index in [1.807, 2.05) is 0 Å². The van der Waals surface area contributed by atoms with Crippen LogP contribution in [0.1, 0.15) is 78.6 Å². The summed E-state index contributed by atoms with van der Waals surface area (Å²) in [4.78, 5) is 0. The molecule has 0 unspecified atom stereocenters. The first-order valence-electron chi connectivity index (χ1n) is 9.86. The van der Waals surface area contributed by atoms with Crippen LogP contribution in [0.5, 0.6) is 0 Å². The van der Waals surface area contributed by atoms with Crippen LogP contribution in [0, 0.1) is 34.5 Å². The van der Waals surface area contributed by atoms with Gasteiger partial charge in [0, 0.05) is 0 Å². The van der Waals surface area contributed by atoms with Crippen LogP contribution in [0.15, 0.2) is 11.6 Å². The predicted octanol–water partition coefficient (Wildman–Crippen LogP) is 5.34. The third-order valence-electron chi connectivity index (χ3n) is 8.77. The lowest BCUT2D eigenvalue weighted by Gasteiger charge is -2.58. The molecule has 0 aliphatic heterocycles. The summed E-state index contributed by atoms with van der Waals surface area (Å²) in [5.74, 6) is 3.77. The molecule has 4 rings (SSSR count). The minimum absolute atomic E-state index is 0.0688. The van der Waals surface area contributed by atoms with Crippen molar-refractivity contribution in [2.24, 2.45) is 34.5 Å². The second-order valence-corrected chi connectivity index (χ2v) is 9.38. The zero-order valence-electron chi connectivity index (χ0n) is 14.8. The first-order chi connectivity index (χ1) is 10.5. The number of fused-ring (bicyclic) bond motifs is 5. The van der Waals surface area contributed by atoms with Gasteiger partial charge in [0.25, 0.3) is 0 Å². The molecule has 0 bridgehead atoms. The Morgan fingerprint density at radius 2 is 1.91 bits per heavy atom. The van der Waals surface area contributed by atoms with Crippen LogP contribution in [0.4, 0.5) is 0 Å². The van der Waals surface area contributed by atoms with E-state index in [0.717, 1.165) is 36.5 Å². The molecular formula is C21H34O. The number of aliphatic hydroxyl groups is 1. The molecule has 0 heterocycles. The maximum Gasteiger partial charge on any atom is 0.0577 e. The second-order valence-electron chi connectivity index (χ2n) is 9.38. The van der Waals surface area contributed by atoms with Gasteiger partial charge in [-0.05, 0) is 85.9 Å². The lowest BCUT2D eigenvalue weighted by Crippen LogP contribution is -2.50. The highest BCUT2D eigenvalue weighted by Crippen LogP contribution is 2.66. The van der Waals surface area contributed by atoms with E-state index in [2.05, 4.69) is 26.8 Å². The molecule has 124 valence electrons. The highest BCUT2D eigenvalue weighted by atomic mass is 16.3. The van der Waals surface area contributed by atoms with Crippen LogP contribution in [-0.2, 0) is 0 Å². The summed E-state index contributed by atoms with van der Waals surface area (Å²) in [5.41, 5.74) is 2.65. The molecule has 0 radical (unpaired) electrons. The molecule has 1 N–H and O–H groups in total. The second kappa shape index (κ2) is 5.10. The lowest BCUT2D eigenvalue weighted by atomic mass is 9.47. The first-order valence-corrected chi connectivity index (χ1v) is 9.86. The van der Waals surface area contributed by atoms with Crippen molar-refractivity contribution in [3.8, 4) is 0 Å². The maximum absolute atomic E-state index is 10.1. The number of rotatable bonds is 1. The average molecular weight is 303 g/mol. The SMILES string of the molecule is CC[C@H]1CC[C@H]2[C@@H]3CC=C4C[C@H](O)CC[C@]4(C)[C@H]3CC[C@]12C. The molecule has 1 heteroatoms. The van der Waals surface area contributed by atoms with Gasteiger partial charge in [-0.3, -0.25) is 0 Å². The van der Waals surface area contributed by atoms with Gasteiger partial charge in [-0.1, -0.05) is 38.8 Å². The van der Waals surface area contributed by atoms with Gasteiger partial charge in [0.05, 0.1) is 6.10 Å². The molecule has 0 amide bonds. The number of aliphatic hydroxyl groups excluding tert-OH is 1. The van der Waals surface area contributed by atoms with Gasteiger partial charge in [-0.2, -0.15) is 0 Å². The largest absolute Gasteiger partial charge is 0.393 e. The Morgan fingerprint density at radius 3 is 2.68 bits per heavy atom. The molecule has 3 saturated carbocycles. The Bertz CT molecular complexity index is 480. The number of allylic oxidation sites excluding steroid dienone is 1. The molecular weight excluding hydrogens is 268 g/mol. The van der Waals surface area contributed by atoms with Crippen molar-refractivity contribution in [3.05, 3.63) is 11.6 Å². The van der Waals surface area contributed by atoms with E-state index >= 15 is 0 Å². The summed E-state index contributed by atoms with van der Waals surface area (Å²) in [6.07, 6.45) is 14.3. The van der Waals surface area contributed by atoms with E-state index in [-0.39, 0.29) is 6.10 Å². The van der Waals surface area contributed by atoms with Crippen LogP contribution in [-0.4, -0.2) is 11.2 Å². The highest BCUT2D eigenvalue weighted by molar-refractivity contribution is 5.25. The maximum atomic E-state index is 10.1. The molecule has 4 aliphatic carbocycles. The fraction of sp³-hybridized carbons (Fsp3) is 0.905. The Morgan fingerprint density at radius 1 is 1.09 bits per heavy atom. The molecule has 3 fully saturated rings. The van der Waals surface area contributed by atoms with Crippen molar-refractivity contribution in [1.29, 1.82) is 0 Å². The Kier molecular flexibility index (Phi) is 3.53. The first kappa shape index (κ1) is 15.2. The van der Waals surface area contributed by atoms with E-state index in [1.165, 1.54) is 44.9 Å². The van der Waals surface area contributed by atoms with Crippen molar-refractivity contribution in [1.82, 2.24) is 0 Å². The van der Waals surface area contributed by atoms with E-state index in [4.69, 9.17) is 0 Å². The van der Waals surface area contributed by atoms with E-state index in [9.17, 15) is 5.11 Å². The third-order valence-corrected chi connectivity index (χ3v) is 8.77. The van der Waals surface area contributed by atoms with Crippen LogP contribution < -0.4 is 0 Å². The summed E-state index contributed by atoms with van der Waals surface area (Å²) in [6.45, 7) is 7.57. The highest BCUT2D eigenvalue weighted by Gasteiger charge is 2.57. The lowest BCUT2D eigenvalue weighted by molar-refractivity contribution is -0.0500. The molecule has 0 saturated heterocycles. The Balaban J connectivity index is 1.66. The third kappa shape index (κ3) is 1.93. The standard InChI is InChI=1S/C21H34O/c1-4-14-6-8-18-17-7-5-15-13-16(22)9-11-21(15,3)19(17)10-12-20(14,18)2/h5,14,16-19,22H,4,6-13H2,1-3H3/t14-,16+,17-,18-,19-,20+,21-/m0/s1. The topological polar surface area (TPSA) is 20.2 Å². The van der Waals surface area contributed by atoms with Crippen LogP contribution in [0.2, 0.25) is 0 Å². The summed E-state index contributed by atoms with van der Waals surface area (Å²) < 4.78 is 0. The monoisotopic (exact) mass is 302 g/mol. The summed E-state index contributed by atoms with van der Waals surface area (Å²) in [5, 5.41) is 10.1. The number of hydrogen-bond acceptors (Lipinski definition) is 1. The fourth-order valence-corrected chi connectivity index (χ4v) is 7.42. The molecule has 0 aromatic heterocycles. The van der Waals surface area contributed by atoms with Crippen LogP contribution >= 0.6 is 0 Å². The smallest absolute Gasteiger partial charge is 0.0577 e. The van der Waals surface area contributed by atoms with Crippen molar-refractivity contribution >= 4 is 0 Å². The van der Waals surface area contributed by atoms with E-state index in [0.29, 0.717) is 10.8 Å². The summed E-state index contributed by atoms with van der Waals surface area (Å²) in [7, 11) is 0. The zero-order chi connectivity index (χ0) is 15.5. The molecule has 7 atom stereocenters. The van der Waals surface area contributed by atoms with Crippen LogP contribution in [0.3, 0.4) is 0 Å². The van der Waals surface area contributed by atoms with Gasteiger partial charge in [0.1, 0.15) is 0 Å². The zero-order valence-corrected chi connectivity index (χ0v) is 14.8. The molecule has 22 heavy (non-hydrogen) atoms. The summed E-state index contributed by atoms with van der Waals surface area (Å²) in [6, 6.07) is 0. The predicted molar refractivity (Wildman–Crippen MR) is 91.5 cm³/mol. The molecule has 0 aromatic carbocycles. The van der Waals surface area contributed by atoms with Gasteiger partial charge in [0.2, 0.25) is 0 Å². The van der Waals surface area contributed by atoms with E-state index < -0.39 is 0 Å². The minimum Gasteiger partial charge on any atom is -0.393 e. The average Bonchev–Trinajstić information content (AvgIpc) is 2.84. The van der Waals surface area contributed by atoms with Crippen LogP contribution in [0.25, 0.3) is 0 Å².